The summed E-state index contributed by atoms with van der Waals surface area (Å²) in [5.41, 5.74) is -1.08. The maximum atomic E-state index is 11.4. The molecule has 2 atom stereocenters. The zero-order valence-electron chi connectivity index (χ0n) is 10.5. The van der Waals surface area contributed by atoms with E-state index in [1.54, 1.807) is 0 Å². The molecule has 2 rings (SSSR count). The standard InChI is InChI=1S/C10H11N3O7S/c14-10-5-21(19,20)4-8(10)11-7-2-1-6(12(15)16)3-9(7)13(17)18/h1-3,8,10-11,14H,4-5H2/t8-,10+/m1/s1. The Morgan fingerprint density at radius 1 is 1.19 bits per heavy atom. The molecule has 10 nitrogen and oxygen atoms in total. The van der Waals surface area contributed by atoms with Crippen LogP contribution in [0.15, 0.2) is 18.2 Å². The maximum Gasteiger partial charge on any atom is 0.299 e. The Hall–Kier alpha value is -2.27. The second kappa shape index (κ2) is 5.26. The van der Waals surface area contributed by atoms with E-state index in [0.29, 0.717) is 0 Å². The Bertz CT molecular complexity index is 703. The summed E-state index contributed by atoms with van der Waals surface area (Å²) in [7, 11) is -3.41. The zero-order valence-corrected chi connectivity index (χ0v) is 11.3. The molecule has 0 saturated carbocycles. The first-order valence-corrected chi connectivity index (χ1v) is 7.59. The minimum atomic E-state index is -3.41. The van der Waals surface area contributed by atoms with Gasteiger partial charge in [0.1, 0.15) is 5.69 Å². The molecule has 0 spiro atoms. The highest BCUT2D eigenvalue weighted by molar-refractivity contribution is 7.91. The first-order valence-electron chi connectivity index (χ1n) is 5.77. The third-order valence-electron chi connectivity index (χ3n) is 3.05. The van der Waals surface area contributed by atoms with Gasteiger partial charge in [0.05, 0.1) is 39.6 Å². The highest BCUT2D eigenvalue weighted by Gasteiger charge is 2.37. The molecular weight excluding hydrogens is 306 g/mol. The van der Waals surface area contributed by atoms with Crippen molar-refractivity contribution >= 4 is 26.9 Å². The molecule has 1 saturated heterocycles. The average molecular weight is 317 g/mol. The minimum Gasteiger partial charge on any atom is -0.390 e. The molecule has 0 amide bonds. The molecule has 1 aliphatic rings. The lowest BCUT2D eigenvalue weighted by atomic mass is 10.2. The van der Waals surface area contributed by atoms with Crippen LogP contribution in [0.25, 0.3) is 0 Å². The number of nitro groups is 2. The van der Waals surface area contributed by atoms with E-state index < -0.39 is 49.0 Å². The summed E-state index contributed by atoms with van der Waals surface area (Å²) >= 11 is 0. The predicted molar refractivity (Wildman–Crippen MR) is 71.8 cm³/mol. The molecule has 1 heterocycles. The fourth-order valence-corrected chi connectivity index (χ4v) is 3.81. The van der Waals surface area contributed by atoms with E-state index in [1.807, 2.05) is 0 Å². The molecule has 0 radical (unpaired) electrons. The first kappa shape index (κ1) is 15.1. The summed E-state index contributed by atoms with van der Waals surface area (Å²) < 4.78 is 22.8. The van der Waals surface area contributed by atoms with Gasteiger partial charge in [-0.3, -0.25) is 20.2 Å². The quantitative estimate of drug-likeness (QED) is 0.584. The van der Waals surface area contributed by atoms with Gasteiger partial charge in [0.25, 0.3) is 11.4 Å². The number of rotatable bonds is 4. The Labute approximate surface area is 118 Å². The lowest BCUT2D eigenvalue weighted by Gasteiger charge is -2.16. The fraction of sp³-hybridized carbons (Fsp3) is 0.400. The molecule has 2 N–H and O–H groups in total. The van der Waals surface area contributed by atoms with Crippen LogP contribution in [0, 0.1) is 20.2 Å². The molecule has 0 aromatic heterocycles. The summed E-state index contributed by atoms with van der Waals surface area (Å²) in [5.74, 6) is -0.784. The van der Waals surface area contributed by atoms with Gasteiger partial charge in [0.15, 0.2) is 9.84 Å². The molecule has 114 valence electrons. The van der Waals surface area contributed by atoms with Crippen molar-refractivity contribution in [3.63, 3.8) is 0 Å². The van der Waals surface area contributed by atoms with E-state index in [2.05, 4.69) is 5.32 Å². The number of hydrogen-bond acceptors (Lipinski definition) is 8. The average Bonchev–Trinajstić information content (AvgIpc) is 2.62. The van der Waals surface area contributed by atoms with E-state index in [0.717, 1.165) is 18.2 Å². The number of benzene rings is 1. The van der Waals surface area contributed by atoms with Gasteiger partial charge in [0, 0.05) is 6.07 Å². The van der Waals surface area contributed by atoms with Gasteiger partial charge in [0.2, 0.25) is 0 Å². The summed E-state index contributed by atoms with van der Waals surface area (Å²) in [6.45, 7) is 0. The number of nitro benzene ring substituents is 2. The molecule has 21 heavy (non-hydrogen) atoms. The van der Waals surface area contributed by atoms with Crippen LogP contribution in [-0.4, -0.2) is 47.0 Å². The van der Waals surface area contributed by atoms with Crippen LogP contribution in [0.3, 0.4) is 0 Å². The normalized spacial score (nSPS) is 23.7. The van der Waals surface area contributed by atoms with Crippen molar-refractivity contribution in [2.45, 2.75) is 12.1 Å². The van der Waals surface area contributed by atoms with Crippen LogP contribution >= 0.6 is 0 Å². The van der Waals surface area contributed by atoms with Crippen LogP contribution in [-0.2, 0) is 9.84 Å². The summed E-state index contributed by atoms with van der Waals surface area (Å²) in [5, 5.41) is 33.8. The molecule has 0 unspecified atom stereocenters. The molecule has 1 aliphatic heterocycles. The van der Waals surface area contributed by atoms with Crippen molar-refractivity contribution in [1.82, 2.24) is 0 Å². The lowest BCUT2D eigenvalue weighted by molar-refractivity contribution is -0.393. The predicted octanol–water partition coefficient (Wildman–Crippen LogP) is 0.0728. The number of non-ortho nitro benzene ring substituents is 1. The highest BCUT2D eigenvalue weighted by Crippen LogP contribution is 2.30. The second-order valence-electron chi connectivity index (χ2n) is 4.61. The fourth-order valence-electron chi connectivity index (χ4n) is 2.07. The monoisotopic (exact) mass is 317 g/mol. The van der Waals surface area contributed by atoms with Crippen LogP contribution in [0.5, 0.6) is 0 Å². The van der Waals surface area contributed by atoms with Crippen LogP contribution in [0.4, 0.5) is 17.1 Å². The van der Waals surface area contributed by atoms with Crippen LogP contribution < -0.4 is 5.32 Å². The number of anilines is 1. The van der Waals surface area contributed by atoms with Crippen LogP contribution in [0.1, 0.15) is 0 Å². The Kier molecular flexibility index (Phi) is 3.78. The minimum absolute atomic E-state index is 0.0771. The Balaban J connectivity index is 2.32. The van der Waals surface area contributed by atoms with E-state index in [4.69, 9.17) is 0 Å². The third-order valence-corrected chi connectivity index (χ3v) is 4.77. The summed E-state index contributed by atoms with van der Waals surface area (Å²) in [6, 6.07) is 2.06. The number of nitrogens with zero attached hydrogens (tertiary/aromatic N) is 2. The van der Waals surface area contributed by atoms with Crippen molar-refractivity contribution in [3.05, 3.63) is 38.4 Å². The molecule has 1 aromatic carbocycles. The zero-order chi connectivity index (χ0) is 15.8. The van der Waals surface area contributed by atoms with Crippen LogP contribution in [0.2, 0.25) is 0 Å². The number of sulfone groups is 1. The smallest absolute Gasteiger partial charge is 0.299 e. The highest BCUT2D eigenvalue weighted by atomic mass is 32.2. The van der Waals surface area contributed by atoms with Gasteiger partial charge >= 0.3 is 0 Å². The van der Waals surface area contributed by atoms with E-state index in [9.17, 15) is 33.8 Å². The lowest BCUT2D eigenvalue weighted by Crippen LogP contribution is -2.32. The van der Waals surface area contributed by atoms with Gasteiger partial charge in [-0.15, -0.1) is 0 Å². The second-order valence-corrected chi connectivity index (χ2v) is 6.76. The molecule has 1 aromatic rings. The largest absolute Gasteiger partial charge is 0.390 e. The number of nitrogens with one attached hydrogen (secondary N) is 1. The van der Waals surface area contributed by atoms with Crippen molar-refractivity contribution in [2.75, 3.05) is 16.8 Å². The SMILES string of the molecule is O=[N+]([O-])c1ccc(N[C@@H]2CS(=O)(=O)C[C@@H]2O)c([N+](=O)[O-])c1. The molecule has 1 fully saturated rings. The van der Waals surface area contributed by atoms with E-state index in [1.165, 1.54) is 0 Å². The van der Waals surface area contributed by atoms with Gasteiger partial charge in [-0.25, -0.2) is 8.42 Å². The Morgan fingerprint density at radius 2 is 1.86 bits per heavy atom. The number of aliphatic hydroxyl groups excluding tert-OH is 1. The molecule has 11 heteroatoms. The number of hydrogen-bond donors (Lipinski definition) is 2. The third kappa shape index (κ3) is 3.25. The van der Waals surface area contributed by atoms with Gasteiger partial charge in [-0.1, -0.05) is 0 Å². The van der Waals surface area contributed by atoms with Crippen molar-refractivity contribution < 1.29 is 23.4 Å². The molecule has 0 aliphatic carbocycles. The summed E-state index contributed by atoms with van der Waals surface area (Å²) in [6.07, 6.45) is -1.19. The van der Waals surface area contributed by atoms with Crippen molar-refractivity contribution in [1.29, 1.82) is 0 Å². The molecular formula is C10H11N3O7S. The maximum absolute atomic E-state index is 11.4. The number of aliphatic hydroxyl groups is 1. The summed E-state index contributed by atoms with van der Waals surface area (Å²) in [4.78, 5) is 20.0. The van der Waals surface area contributed by atoms with Crippen molar-refractivity contribution in [2.24, 2.45) is 0 Å². The van der Waals surface area contributed by atoms with Crippen molar-refractivity contribution in [3.8, 4) is 0 Å². The Morgan fingerprint density at radius 3 is 2.33 bits per heavy atom. The first-order chi connectivity index (χ1) is 9.69. The molecule has 0 bridgehead atoms. The topological polar surface area (TPSA) is 153 Å². The van der Waals surface area contributed by atoms with Gasteiger partial charge < -0.3 is 10.4 Å². The van der Waals surface area contributed by atoms with Gasteiger partial charge in [-0.2, -0.15) is 0 Å². The van der Waals surface area contributed by atoms with E-state index in [-0.39, 0.29) is 11.4 Å². The van der Waals surface area contributed by atoms with Gasteiger partial charge in [-0.05, 0) is 6.07 Å². The van der Waals surface area contributed by atoms with E-state index >= 15 is 0 Å².